The van der Waals surface area contributed by atoms with Crippen LogP contribution in [0, 0.1) is 23.7 Å². The van der Waals surface area contributed by atoms with Gasteiger partial charge in [-0.15, -0.1) is 0 Å². The van der Waals surface area contributed by atoms with Crippen LogP contribution in [0.15, 0.2) is 0 Å². The fourth-order valence-electron chi connectivity index (χ4n) is 3.65. The summed E-state index contributed by atoms with van der Waals surface area (Å²) in [5, 5.41) is 0. The van der Waals surface area contributed by atoms with Crippen LogP contribution in [0.4, 0.5) is 0 Å². The standard InChI is InChI=1S/C13H21NO3/c1-8(15)12(13(16)17-14)11-7-6-10(11)9-4-2-3-5-9/h9-12H,2-7,14H2,1H3/t10-,11?,12?/m1/s1. The van der Waals surface area contributed by atoms with Crippen molar-refractivity contribution in [1.82, 2.24) is 0 Å². The molecule has 0 aliphatic heterocycles. The van der Waals surface area contributed by atoms with E-state index in [2.05, 4.69) is 4.84 Å². The summed E-state index contributed by atoms with van der Waals surface area (Å²) < 4.78 is 0. The molecule has 0 bridgehead atoms. The molecule has 0 aromatic heterocycles. The molecule has 0 saturated heterocycles. The number of carbonyl (C=O) groups excluding carboxylic acids is 2. The lowest BCUT2D eigenvalue weighted by molar-refractivity contribution is -0.158. The molecule has 0 amide bonds. The smallest absolute Gasteiger partial charge is 0.335 e. The van der Waals surface area contributed by atoms with Gasteiger partial charge >= 0.3 is 5.97 Å². The Morgan fingerprint density at radius 3 is 2.24 bits per heavy atom. The number of nitrogens with two attached hydrogens (primary N) is 1. The molecule has 0 radical (unpaired) electrons. The van der Waals surface area contributed by atoms with Gasteiger partial charge in [0, 0.05) is 0 Å². The molecule has 96 valence electrons. The van der Waals surface area contributed by atoms with Crippen LogP contribution in [0.1, 0.15) is 45.4 Å². The Hall–Kier alpha value is -0.900. The highest BCUT2D eigenvalue weighted by atomic mass is 16.7. The number of hydrogen-bond donors (Lipinski definition) is 1. The molecule has 2 aliphatic rings. The van der Waals surface area contributed by atoms with E-state index in [9.17, 15) is 9.59 Å². The minimum atomic E-state index is -0.626. The Labute approximate surface area is 102 Å². The molecule has 4 heteroatoms. The lowest BCUT2D eigenvalue weighted by atomic mass is 9.61. The maximum absolute atomic E-state index is 11.6. The van der Waals surface area contributed by atoms with Crippen molar-refractivity contribution in [3.05, 3.63) is 0 Å². The van der Waals surface area contributed by atoms with Gasteiger partial charge in [-0.05, 0) is 37.5 Å². The molecule has 2 unspecified atom stereocenters. The minimum absolute atomic E-state index is 0.104. The summed E-state index contributed by atoms with van der Waals surface area (Å²) >= 11 is 0. The first kappa shape index (κ1) is 12.6. The van der Waals surface area contributed by atoms with Gasteiger partial charge in [-0.2, -0.15) is 5.90 Å². The molecular formula is C13H21NO3. The fraction of sp³-hybridized carbons (Fsp3) is 0.846. The summed E-state index contributed by atoms with van der Waals surface area (Å²) in [4.78, 5) is 27.4. The van der Waals surface area contributed by atoms with Crippen LogP contribution in [0.5, 0.6) is 0 Å². The zero-order chi connectivity index (χ0) is 12.4. The number of rotatable bonds is 4. The van der Waals surface area contributed by atoms with Crippen molar-refractivity contribution in [3.63, 3.8) is 0 Å². The summed E-state index contributed by atoms with van der Waals surface area (Å²) in [5.41, 5.74) is 0. The highest BCUT2D eigenvalue weighted by Gasteiger charge is 2.46. The normalized spacial score (nSPS) is 30.7. The van der Waals surface area contributed by atoms with Crippen molar-refractivity contribution in [3.8, 4) is 0 Å². The lowest BCUT2D eigenvalue weighted by Crippen LogP contribution is -2.44. The summed E-state index contributed by atoms with van der Waals surface area (Å²) in [6.45, 7) is 1.46. The molecule has 2 rings (SSSR count). The quantitative estimate of drug-likeness (QED) is 0.600. The van der Waals surface area contributed by atoms with Crippen LogP contribution >= 0.6 is 0 Å². The zero-order valence-corrected chi connectivity index (χ0v) is 10.4. The van der Waals surface area contributed by atoms with Crippen molar-refractivity contribution in [2.24, 2.45) is 29.6 Å². The van der Waals surface area contributed by atoms with Gasteiger partial charge in [0.15, 0.2) is 0 Å². The van der Waals surface area contributed by atoms with Crippen LogP contribution in [-0.2, 0) is 14.4 Å². The molecule has 2 N–H and O–H groups in total. The predicted octanol–water partition coefficient (Wildman–Crippen LogP) is 1.82. The highest BCUT2D eigenvalue weighted by molar-refractivity contribution is 5.98. The molecule has 0 aromatic rings. The van der Waals surface area contributed by atoms with Crippen LogP contribution in [-0.4, -0.2) is 11.8 Å². The third-order valence-electron chi connectivity index (χ3n) is 4.62. The Kier molecular flexibility index (Phi) is 3.82. The van der Waals surface area contributed by atoms with Crippen LogP contribution in [0.3, 0.4) is 0 Å². The van der Waals surface area contributed by atoms with Crippen molar-refractivity contribution in [2.45, 2.75) is 45.4 Å². The van der Waals surface area contributed by atoms with Gasteiger partial charge in [-0.25, -0.2) is 4.79 Å². The van der Waals surface area contributed by atoms with Gasteiger partial charge in [0.05, 0.1) is 0 Å². The fourth-order valence-corrected chi connectivity index (χ4v) is 3.65. The average molecular weight is 239 g/mol. The maximum atomic E-state index is 11.6. The largest absolute Gasteiger partial charge is 0.373 e. The number of carbonyl (C=O) groups is 2. The molecule has 2 saturated carbocycles. The molecule has 0 heterocycles. The molecule has 4 nitrogen and oxygen atoms in total. The van der Waals surface area contributed by atoms with Crippen molar-refractivity contribution in [1.29, 1.82) is 0 Å². The van der Waals surface area contributed by atoms with Gasteiger partial charge in [-0.1, -0.05) is 25.7 Å². The maximum Gasteiger partial charge on any atom is 0.335 e. The third-order valence-corrected chi connectivity index (χ3v) is 4.62. The molecule has 2 aliphatic carbocycles. The second-order valence-corrected chi connectivity index (χ2v) is 5.47. The van der Waals surface area contributed by atoms with Crippen molar-refractivity contribution >= 4 is 11.8 Å². The van der Waals surface area contributed by atoms with E-state index in [4.69, 9.17) is 5.90 Å². The van der Waals surface area contributed by atoms with E-state index in [0.29, 0.717) is 11.8 Å². The van der Waals surface area contributed by atoms with E-state index in [-0.39, 0.29) is 11.7 Å². The summed E-state index contributed by atoms with van der Waals surface area (Å²) in [6, 6.07) is 0. The highest BCUT2D eigenvalue weighted by Crippen LogP contribution is 2.49. The second-order valence-electron chi connectivity index (χ2n) is 5.47. The number of Topliss-reactive ketones (excluding diaryl/α,β-unsaturated/α-hetero) is 1. The first-order valence-electron chi connectivity index (χ1n) is 6.56. The van der Waals surface area contributed by atoms with Crippen LogP contribution in [0.2, 0.25) is 0 Å². The van der Waals surface area contributed by atoms with E-state index < -0.39 is 11.9 Å². The van der Waals surface area contributed by atoms with Crippen molar-refractivity contribution in [2.75, 3.05) is 0 Å². The predicted molar refractivity (Wildman–Crippen MR) is 62.6 cm³/mol. The zero-order valence-electron chi connectivity index (χ0n) is 10.4. The second kappa shape index (κ2) is 5.17. The minimum Gasteiger partial charge on any atom is -0.373 e. The molecule has 0 aromatic carbocycles. The van der Waals surface area contributed by atoms with E-state index in [1.54, 1.807) is 0 Å². The first-order valence-corrected chi connectivity index (χ1v) is 6.56. The monoisotopic (exact) mass is 239 g/mol. The Balaban J connectivity index is 2.04. The molecular weight excluding hydrogens is 218 g/mol. The summed E-state index contributed by atoms with van der Waals surface area (Å²) in [6.07, 6.45) is 7.20. The molecule has 17 heavy (non-hydrogen) atoms. The topological polar surface area (TPSA) is 69.4 Å². The Bertz CT molecular complexity index is 310. The van der Waals surface area contributed by atoms with Gasteiger partial charge < -0.3 is 4.84 Å². The number of hydrogen-bond acceptors (Lipinski definition) is 4. The van der Waals surface area contributed by atoms with Gasteiger partial charge in [0.1, 0.15) is 11.7 Å². The van der Waals surface area contributed by atoms with E-state index >= 15 is 0 Å². The van der Waals surface area contributed by atoms with Gasteiger partial charge in [-0.3, -0.25) is 4.79 Å². The average Bonchev–Trinajstić information content (AvgIpc) is 2.75. The first-order chi connectivity index (χ1) is 8.15. The number of ketones is 1. The summed E-state index contributed by atoms with van der Waals surface area (Å²) in [7, 11) is 0. The van der Waals surface area contributed by atoms with Gasteiger partial charge in [0.25, 0.3) is 0 Å². The van der Waals surface area contributed by atoms with Crippen LogP contribution < -0.4 is 5.90 Å². The van der Waals surface area contributed by atoms with E-state index in [1.165, 1.54) is 32.6 Å². The summed E-state index contributed by atoms with van der Waals surface area (Å²) in [5.74, 6) is 5.06. The van der Waals surface area contributed by atoms with E-state index in [1.807, 2.05) is 0 Å². The van der Waals surface area contributed by atoms with Gasteiger partial charge in [0.2, 0.25) is 0 Å². The third kappa shape index (κ3) is 2.37. The lowest BCUT2D eigenvalue weighted by Gasteiger charge is -2.43. The molecule has 2 fully saturated rings. The SMILES string of the molecule is CC(=O)C(C(=O)ON)C1CC[C@@H]1C1CCCC1. The molecule has 3 atom stereocenters. The van der Waals surface area contributed by atoms with E-state index in [0.717, 1.165) is 12.8 Å². The van der Waals surface area contributed by atoms with Crippen molar-refractivity contribution < 1.29 is 14.4 Å². The Morgan fingerprint density at radius 1 is 1.18 bits per heavy atom. The Morgan fingerprint density at radius 2 is 1.82 bits per heavy atom. The molecule has 0 spiro atoms. The van der Waals surface area contributed by atoms with Crippen LogP contribution in [0.25, 0.3) is 0 Å².